The van der Waals surface area contributed by atoms with Crippen LogP contribution in [-0.2, 0) is 6.54 Å². The van der Waals surface area contributed by atoms with E-state index in [4.69, 9.17) is 9.47 Å². The summed E-state index contributed by atoms with van der Waals surface area (Å²) < 4.78 is 11.8. The molecular formula is C27H35NO4. The zero-order valence-electron chi connectivity index (χ0n) is 20.1. The number of hydrogen-bond acceptors (Lipinski definition) is 5. The van der Waals surface area contributed by atoms with Crippen LogP contribution in [0.4, 0.5) is 0 Å². The predicted molar refractivity (Wildman–Crippen MR) is 128 cm³/mol. The molecule has 2 aromatic rings. The standard InChI is InChI=1S/C27H35NO4/c1-7-31-23-11-9-8-10-20(23)13-24-26(30)25-19(6)12-22(29)21(27(25)32-24)16-28(14-17(2)3)15-18(4)5/h8-13,17-18,29H,7,14-16H2,1-6H3/b24-13+. The first kappa shape index (κ1) is 23.9. The molecule has 1 N–H and O–H groups in total. The van der Waals surface area contributed by atoms with Crippen LogP contribution in [0.15, 0.2) is 36.1 Å². The van der Waals surface area contributed by atoms with Gasteiger partial charge in [-0.15, -0.1) is 0 Å². The zero-order valence-corrected chi connectivity index (χ0v) is 20.1. The Morgan fingerprint density at radius 3 is 2.41 bits per heavy atom. The molecule has 0 bridgehead atoms. The van der Waals surface area contributed by atoms with Gasteiger partial charge in [-0.1, -0.05) is 45.9 Å². The highest BCUT2D eigenvalue weighted by atomic mass is 16.5. The molecule has 32 heavy (non-hydrogen) atoms. The van der Waals surface area contributed by atoms with Crippen LogP contribution in [0.5, 0.6) is 17.2 Å². The van der Waals surface area contributed by atoms with Crippen molar-refractivity contribution >= 4 is 11.9 Å². The molecule has 0 saturated carbocycles. The largest absolute Gasteiger partial charge is 0.507 e. The molecule has 5 heteroatoms. The minimum Gasteiger partial charge on any atom is -0.507 e. The molecule has 0 aromatic heterocycles. The molecule has 0 radical (unpaired) electrons. The predicted octanol–water partition coefficient (Wildman–Crippen LogP) is 5.83. The van der Waals surface area contributed by atoms with Crippen molar-refractivity contribution in [3.63, 3.8) is 0 Å². The summed E-state index contributed by atoms with van der Waals surface area (Å²) >= 11 is 0. The molecule has 1 aliphatic rings. The lowest BCUT2D eigenvalue weighted by molar-refractivity contribution is 0.101. The lowest BCUT2D eigenvalue weighted by atomic mass is 9.98. The number of rotatable bonds is 9. The first-order chi connectivity index (χ1) is 15.2. The summed E-state index contributed by atoms with van der Waals surface area (Å²) in [5.74, 6) is 2.41. The number of aromatic hydroxyl groups is 1. The van der Waals surface area contributed by atoms with Crippen molar-refractivity contribution in [3.05, 3.63) is 58.3 Å². The average Bonchev–Trinajstić information content (AvgIpc) is 3.02. The molecule has 0 unspecified atom stereocenters. The van der Waals surface area contributed by atoms with E-state index < -0.39 is 0 Å². The maximum atomic E-state index is 13.3. The van der Waals surface area contributed by atoms with Crippen molar-refractivity contribution in [3.8, 4) is 17.2 Å². The summed E-state index contributed by atoms with van der Waals surface area (Å²) in [4.78, 5) is 15.6. The summed E-state index contributed by atoms with van der Waals surface area (Å²) in [6.07, 6.45) is 1.73. The van der Waals surface area contributed by atoms with Gasteiger partial charge in [0.2, 0.25) is 5.78 Å². The lowest BCUT2D eigenvalue weighted by Gasteiger charge is -2.27. The number of aryl methyl sites for hydroxylation is 1. The molecule has 0 atom stereocenters. The summed E-state index contributed by atoms with van der Waals surface area (Å²) in [7, 11) is 0. The minimum atomic E-state index is -0.163. The van der Waals surface area contributed by atoms with Crippen molar-refractivity contribution in [2.24, 2.45) is 11.8 Å². The number of nitrogens with zero attached hydrogens (tertiary/aromatic N) is 1. The number of hydrogen-bond donors (Lipinski definition) is 1. The van der Waals surface area contributed by atoms with Gasteiger partial charge in [-0.3, -0.25) is 9.69 Å². The number of benzene rings is 2. The maximum absolute atomic E-state index is 13.3. The van der Waals surface area contributed by atoms with E-state index >= 15 is 0 Å². The molecule has 0 amide bonds. The molecule has 0 spiro atoms. The molecule has 3 rings (SSSR count). The fourth-order valence-electron chi connectivity index (χ4n) is 4.22. The molecule has 1 aliphatic heterocycles. The van der Waals surface area contributed by atoms with Gasteiger partial charge in [0.05, 0.1) is 17.7 Å². The van der Waals surface area contributed by atoms with Gasteiger partial charge in [0, 0.05) is 25.2 Å². The second kappa shape index (κ2) is 10.2. The molecule has 1 heterocycles. The Labute approximate surface area is 191 Å². The van der Waals surface area contributed by atoms with Crippen LogP contribution in [-0.4, -0.2) is 35.5 Å². The topological polar surface area (TPSA) is 59.0 Å². The quantitative estimate of drug-likeness (QED) is 0.500. The Bertz CT molecular complexity index is 997. The molecular weight excluding hydrogens is 402 g/mol. The second-order valence-corrected chi connectivity index (χ2v) is 9.29. The Morgan fingerprint density at radius 2 is 1.78 bits per heavy atom. The highest BCUT2D eigenvalue weighted by Gasteiger charge is 2.34. The Balaban J connectivity index is 2.00. The minimum absolute atomic E-state index is 0.163. The van der Waals surface area contributed by atoms with Crippen LogP contribution in [0, 0.1) is 18.8 Å². The fraction of sp³-hybridized carbons (Fsp3) is 0.444. The zero-order chi connectivity index (χ0) is 23.4. The third kappa shape index (κ3) is 5.33. The van der Waals surface area contributed by atoms with E-state index in [-0.39, 0.29) is 17.3 Å². The number of allylic oxidation sites excluding steroid dienone is 1. The molecule has 172 valence electrons. The first-order valence-electron chi connectivity index (χ1n) is 11.4. The number of para-hydroxylation sites is 1. The van der Waals surface area contributed by atoms with Crippen molar-refractivity contribution in [2.75, 3.05) is 19.7 Å². The number of ether oxygens (including phenoxy) is 2. The van der Waals surface area contributed by atoms with Crippen molar-refractivity contribution < 1.29 is 19.4 Å². The number of Topliss-reactive ketones (excluding diaryl/α,β-unsaturated/α-hetero) is 1. The third-order valence-electron chi connectivity index (χ3n) is 5.35. The SMILES string of the molecule is CCOc1ccccc1/C=C1/Oc2c(CN(CC(C)C)CC(C)C)c(O)cc(C)c2C1=O. The van der Waals surface area contributed by atoms with Crippen LogP contribution < -0.4 is 9.47 Å². The molecule has 0 fully saturated rings. The van der Waals surface area contributed by atoms with Crippen LogP contribution in [0.2, 0.25) is 0 Å². The number of fused-ring (bicyclic) bond motifs is 1. The monoisotopic (exact) mass is 437 g/mol. The van der Waals surface area contributed by atoms with E-state index in [2.05, 4.69) is 32.6 Å². The van der Waals surface area contributed by atoms with E-state index in [1.807, 2.05) is 38.1 Å². The molecule has 2 aromatic carbocycles. The van der Waals surface area contributed by atoms with Gasteiger partial charge < -0.3 is 14.6 Å². The van der Waals surface area contributed by atoms with Gasteiger partial charge in [-0.2, -0.15) is 0 Å². The summed E-state index contributed by atoms with van der Waals surface area (Å²) in [5, 5.41) is 10.8. The van der Waals surface area contributed by atoms with Gasteiger partial charge >= 0.3 is 0 Å². The maximum Gasteiger partial charge on any atom is 0.232 e. The summed E-state index contributed by atoms with van der Waals surface area (Å²) in [6, 6.07) is 9.25. The Morgan fingerprint density at radius 1 is 1.12 bits per heavy atom. The van der Waals surface area contributed by atoms with E-state index in [9.17, 15) is 9.90 Å². The van der Waals surface area contributed by atoms with Crippen molar-refractivity contribution in [1.29, 1.82) is 0 Å². The Hall–Kier alpha value is -2.79. The fourth-order valence-corrected chi connectivity index (χ4v) is 4.22. The van der Waals surface area contributed by atoms with Crippen LogP contribution in [0.25, 0.3) is 6.08 Å². The van der Waals surface area contributed by atoms with E-state index in [1.165, 1.54) is 0 Å². The van der Waals surface area contributed by atoms with Gasteiger partial charge in [-0.05, 0) is 49.5 Å². The number of phenols is 1. The number of phenolic OH excluding ortho intramolecular Hbond substituents is 1. The number of ketones is 1. The Kier molecular flexibility index (Phi) is 7.62. The molecule has 5 nitrogen and oxygen atoms in total. The van der Waals surface area contributed by atoms with Gasteiger partial charge in [-0.25, -0.2) is 0 Å². The highest BCUT2D eigenvalue weighted by Crippen LogP contribution is 2.42. The average molecular weight is 438 g/mol. The molecule has 0 saturated heterocycles. The van der Waals surface area contributed by atoms with Crippen LogP contribution in [0.1, 0.15) is 61.7 Å². The van der Waals surface area contributed by atoms with E-state index in [1.54, 1.807) is 12.1 Å². The summed E-state index contributed by atoms with van der Waals surface area (Å²) in [5.41, 5.74) is 2.70. The highest BCUT2D eigenvalue weighted by molar-refractivity contribution is 6.16. The van der Waals surface area contributed by atoms with Crippen LogP contribution in [0.3, 0.4) is 0 Å². The number of carbonyl (C=O) groups excluding carboxylic acids is 1. The van der Waals surface area contributed by atoms with Crippen molar-refractivity contribution in [1.82, 2.24) is 4.90 Å². The smallest absolute Gasteiger partial charge is 0.232 e. The van der Waals surface area contributed by atoms with Gasteiger partial charge in [0.15, 0.2) is 5.76 Å². The van der Waals surface area contributed by atoms with Gasteiger partial charge in [0.25, 0.3) is 0 Å². The normalized spacial score (nSPS) is 14.5. The van der Waals surface area contributed by atoms with E-state index in [0.29, 0.717) is 53.2 Å². The van der Waals surface area contributed by atoms with Crippen LogP contribution >= 0.6 is 0 Å². The summed E-state index contributed by atoms with van der Waals surface area (Å²) in [6.45, 7) is 15.4. The van der Waals surface area contributed by atoms with Crippen molar-refractivity contribution in [2.45, 2.75) is 48.1 Å². The first-order valence-corrected chi connectivity index (χ1v) is 11.4. The second-order valence-electron chi connectivity index (χ2n) is 9.29. The molecule has 0 aliphatic carbocycles. The lowest BCUT2D eigenvalue weighted by Crippen LogP contribution is -2.31. The number of carbonyl (C=O) groups is 1. The van der Waals surface area contributed by atoms with Gasteiger partial charge in [0.1, 0.15) is 17.2 Å². The third-order valence-corrected chi connectivity index (χ3v) is 5.35. The van der Waals surface area contributed by atoms with E-state index in [0.717, 1.165) is 18.7 Å².